The van der Waals surface area contributed by atoms with Crippen LogP contribution in [0.25, 0.3) is 0 Å². The summed E-state index contributed by atoms with van der Waals surface area (Å²) in [5.74, 6) is 0.351. The van der Waals surface area contributed by atoms with E-state index in [0.29, 0.717) is 58.7 Å². The van der Waals surface area contributed by atoms with Crippen molar-refractivity contribution in [1.82, 2.24) is 4.98 Å². The minimum absolute atomic E-state index is 0.309. The number of pyridine rings is 1. The monoisotopic (exact) mass is 428 g/mol. The first-order valence-corrected chi connectivity index (χ1v) is 9.90. The number of fused-ring (bicyclic) bond motifs is 1. The number of halogens is 2. The van der Waals surface area contributed by atoms with Crippen molar-refractivity contribution in [2.24, 2.45) is 0 Å². The molecule has 0 bridgehead atoms. The Hall–Kier alpha value is -2.76. The topological polar surface area (TPSA) is 71.5 Å². The van der Waals surface area contributed by atoms with Crippen molar-refractivity contribution in [1.29, 1.82) is 0 Å². The van der Waals surface area contributed by atoms with Gasteiger partial charge in [0.05, 0.1) is 5.56 Å². The number of carboxylic acid groups (broad SMARTS) is 1. The van der Waals surface area contributed by atoms with Gasteiger partial charge in [0.15, 0.2) is 0 Å². The normalized spacial score (nSPS) is 12.3. The molecule has 0 spiro atoms. The second kappa shape index (κ2) is 8.31. The molecule has 2 aromatic carbocycles. The van der Waals surface area contributed by atoms with Crippen molar-refractivity contribution in [2.75, 3.05) is 11.9 Å². The Labute approximate surface area is 178 Å². The lowest BCUT2D eigenvalue weighted by atomic mass is 9.96. The van der Waals surface area contributed by atoms with Crippen LogP contribution >= 0.6 is 23.2 Å². The summed E-state index contributed by atoms with van der Waals surface area (Å²) in [4.78, 5) is 16.3. The fourth-order valence-corrected chi connectivity index (χ4v) is 3.79. The summed E-state index contributed by atoms with van der Waals surface area (Å²) in [6, 6.07) is 12.8. The fourth-order valence-electron chi connectivity index (χ4n) is 3.47. The Morgan fingerprint density at radius 1 is 1.10 bits per heavy atom. The minimum Gasteiger partial charge on any atom is -0.489 e. The van der Waals surface area contributed by atoms with Crippen molar-refractivity contribution in [3.8, 4) is 5.75 Å². The second-order valence-electron chi connectivity index (χ2n) is 6.81. The predicted octanol–water partition coefficient (Wildman–Crippen LogP) is 5.22. The minimum atomic E-state index is -0.951. The van der Waals surface area contributed by atoms with Crippen LogP contribution in [-0.2, 0) is 19.4 Å². The third-order valence-corrected chi connectivity index (χ3v) is 5.34. The lowest BCUT2D eigenvalue weighted by molar-refractivity contribution is 0.0694. The van der Waals surface area contributed by atoms with Crippen LogP contribution in [0, 0.1) is 0 Å². The lowest BCUT2D eigenvalue weighted by Crippen LogP contribution is -2.09. The lowest BCUT2D eigenvalue weighted by Gasteiger charge is -2.15. The van der Waals surface area contributed by atoms with Crippen LogP contribution in [0.1, 0.15) is 32.6 Å². The molecule has 0 aliphatic carbocycles. The molecule has 4 rings (SSSR count). The van der Waals surface area contributed by atoms with E-state index in [-0.39, 0.29) is 0 Å². The van der Waals surface area contributed by atoms with Crippen LogP contribution in [0.4, 0.5) is 5.82 Å². The number of carbonyl (C=O) groups is 1. The van der Waals surface area contributed by atoms with Crippen LogP contribution in [0.2, 0.25) is 10.0 Å². The number of anilines is 1. The van der Waals surface area contributed by atoms with Gasteiger partial charge in [-0.25, -0.2) is 9.78 Å². The number of benzene rings is 2. The number of aromatic carboxylic acids is 1. The first-order valence-electron chi connectivity index (χ1n) is 9.15. The third-order valence-electron chi connectivity index (χ3n) is 4.85. The zero-order valence-corrected chi connectivity index (χ0v) is 16.9. The molecule has 1 aliphatic rings. The summed E-state index contributed by atoms with van der Waals surface area (Å²) in [5.41, 5.74) is 3.48. The maximum absolute atomic E-state index is 11.9. The summed E-state index contributed by atoms with van der Waals surface area (Å²) in [7, 11) is 0. The van der Waals surface area contributed by atoms with Gasteiger partial charge in [0.25, 0.3) is 0 Å². The van der Waals surface area contributed by atoms with Crippen LogP contribution in [-0.4, -0.2) is 22.6 Å². The number of hydrogen-bond donors (Lipinski definition) is 2. The second-order valence-corrected chi connectivity index (χ2v) is 7.68. The van der Waals surface area contributed by atoms with Crippen molar-refractivity contribution in [3.63, 3.8) is 0 Å². The van der Waals surface area contributed by atoms with Crippen molar-refractivity contribution in [3.05, 3.63) is 86.5 Å². The highest BCUT2D eigenvalue weighted by Crippen LogP contribution is 2.31. The number of carboxylic acids is 1. The molecular formula is C22H18Cl2N2O3. The van der Waals surface area contributed by atoms with E-state index in [2.05, 4.69) is 10.3 Å². The number of ether oxygens (including phenoxy) is 1. The Morgan fingerprint density at radius 3 is 2.62 bits per heavy atom. The van der Waals surface area contributed by atoms with E-state index in [4.69, 9.17) is 27.9 Å². The summed E-state index contributed by atoms with van der Waals surface area (Å²) in [6.07, 6.45) is 2.62. The van der Waals surface area contributed by atoms with E-state index in [1.54, 1.807) is 24.4 Å². The molecule has 1 aliphatic heterocycles. The molecule has 148 valence electrons. The highest BCUT2D eigenvalue weighted by atomic mass is 35.5. The van der Waals surface area contributed by atoms with Gasteiger partial charge in [0, 0.05) is 40.3 Å². The van der Waals surface area contributed by atoms with Gasteiger partial charge < -0.3 is 15.2 Å². The van der Waals surface area contributed by atoms with Crippen LogP contribution < -0.4 is 10.1 Å². The van der Waals surface area contributed by atoms with Crippen LogP contribution in [0.3, 0.4) is 0 Å². The van der Waals surface area contributed by atoms with E-state index in [0.717, 1.165) is 16.7 Å². The molecule has 0 amide bonds. The summed E-state index contributed by atoms with van der Waals surface area (Å²) < 4.78 is 6.00. The molecule has 0 saturated carbocycles. The average Bonchev–Trinajstić information content (AvgIpc) is 3.17. The average molecular weight is 429 g/mol. The van der Waals surface area contributed by atoms with Gasteiger partial charge in [-0.3, -0.25) is 0 Å². The highest BCUT2D eigenvalue weighted by Gasteiger charge is 2.24. The number of aromatic nitrogens is 1. The largest absolute Gasteiger partial charge is 0.489 e. The van der Waals surface area contributed by atoms with E-state index >= 15 is 0 Å². The smallest absolute Gasteiger partial charge is 0.336 e. The summed E-state index contributed by atoms with van der Waals surface area (Å²) in [5, 5.41) is 14.1. The quantitative estimate of drug-likeness (QED) is 0.562. The molecule has 1 aromatic heterocycles. The standard InChI is InChI=1S/C22H18Cl2N2O3/c23-16-3-1-13(2-4-16)12-29-19-6-5-17(24)10-14(19)9-15-11-26-21-18(7-8-25-21)20(15)22(27)28/h1-6,10-11H,7-9,12H2,(H,25,26)(H,27,28). The molecule has 0 radical (unpaired) electrons. The van der Waals surface area contributed by atoms with Crippen molar-refractivity contribution < 1.29 is 14.6 Å². The van der Waals surface area contributed by atoms with E-state index in [1.807, 2.05) is 24.3 Å². The Morgan fingerprint density at radius 2 is 1.86 bits per heavy atom. The Kier molecular flexibility index (Phi) is 5.60. The maximum atomic E-state index is 11.9. The molecule has 0 atom stereocenters. The molecule has 29 heavy (non-hydrogen) atoms. The maximum Gasteiger partial charge on any atom is 0.336 e. The Bertz CT molecular complexity index is 1070. The zero-order chi connectivity index (χ0) is 20.4. The number of rotatable bonds is 6. The van der Waals surface area contributed by atoms with Crippen LogP contribution in [0.15, 0.2) is 48.7 Å². The highest BCUT2D eigenvalue weighted by molar-refractivity contribution is 6.30. The molecule has 2 N–H and O–H groups in total. The van der Waals surface area contributed by atoms with E-state index in [9.17, 15) is 9.90 Å². The van der Waals surface area contributed by atoms with Gasteiger partial charge in [0.1, 0.15) is 18.2 Å². The molecular weight excluding hydrogens is 411 g/mol. The van der Waals surface area contributed by atoms with Gasteiger partial charge in [-0.1, -0.05) is 35.3 Å². The molecule has 0 saturated heterocycles. The van der Waals surface area contributed by atoms with Gasteiger partial charge in [-0.2, -0.15) is 0 Å². The zero-order valence-electron chi connectivity index (χ0n) is 15.4. The first-order chi connectivity index (χ1) is 14.0. The number of nitrogens with zero attached hydrogens (tertiary/aromatic N) is 1. The van der Waals surface area contributed by atoms with Crippen molar-refractivity contribution >= 4 is 35.0 Å². The van der Waals surface area contributed by atoms with E-state index < -0.39 is 5.97 Å². The van der Waals surface area contributed by atoms with Gasteiger partial charge in [0.2, 0.25) is 0 Å². The van der Waals surface area contributed by atoms with Crippen molar-refractivity contribution in [2.45, 2.75) is 19.4 Å². The summed E-state index contributed by atoms with van der Waals surface area (Å²) in [6.45, 7) is 1.06. The molecule has 2 heterocycles. The van der Waals surface area contributed by atoms with Crippen LogP contribution in [0.5, 0.6) is 5.75 Å². The fraction of sp³-hybridized carbons (Fsp3) is 0.182. The SMILES string of the molecule is O=C(O)c1c(Cc2cc(Cl)ccc2OCc2ccc(Cl)cc2)cnc2c1CCN2. The molecule has 0 fully saturated rings. The number of hydrogen-bond acceptors (Lipinski definition) is 4. The first kappa shape index (κ1) is 19.6. The molecule has 7 heteroatoms. The van der Waals surface area contributed by atoms with Gasteiger partial charge in [-0.05, 0) is 47.9 Å². The van der Waals surface area contributed by atoms with Gasteiger partial charge >= 0.3 is 5.97 Å². The third kappa shape index (κ3) is 4.31. The van der Waals surface area contributed by atoms with E-state index in [1.165, 1.54) is 0 Å². The molecule has 0 unspecified atom stereocenters. The number of nitrogens with one attached hydrogen (secondary N) is 1. The Balaban J connectivity index is 1.63. The molecule has 5 nitrogen and oxygen atoms in total. The van der Waals surface area contributed by atoms with Gasteiger partial charge in [-0.15, -0.1) is 0 Å². The predicted molar refractivity (Wildman–Crippen MR) is 113 cm³/mol. The summed E-state index contributed by atoms with van der Waals surface area (Å²) >= 11 is 12.1. The molecule has 3 aromatic rings.